The van der Waals surface area contributed by atoms with Gasteiger partial charge >= 0.3 is 0 Å². The van der Waals surface area contributed by atoms with Crippen LogP contribution in [0.2, 0.25) is 0 Å². The molecule has 106 valence electrons. The first-order valence-corrected chi connectivity index (χ1v) is 7.41. The molecule has 2 atom stereocenters. The zero-order valence-electron chi connectivity index (χ0n) is 12.4. The molecule has 2 fully saturated rings. The van der Waals surface area contributed by atoms with Gasteiger partial charge in [0.2, 0.25) is 0 Å². The summed E-state index contributed by atoms with van der Waals surface area (Å²) < 4.78 is 11.8. The molecule has 0 aromatic carbocycles. The van der Waals surface area contributed by atoms with Crippen LogP contribution in [-0.4, -0.2) is 38.0 Å². The summed E-state index contributed by atoms with van der Waals surface area (Å²) in [7, 11) is 0. The maximum atomic E-state index is 6.04. The molecule has 1 aliphatic carbocycles. The Morgan fingerprint density at radius 1 is 1.33 bits per heavy atom. The van der Waals surface area contributed by atoms with Crippen LogP contribution >= 0.6 is 0 Å². The van der Waals surface area contributed by atoms with Gasteiger partial charge in [0.1, 0.15) is 0 Å². The van der Waals surface area contributed by atoms with Crippen molar-refractivity contribution >= 4 is 0 Å². The molecule has 2 rings (SSSR count). The van der Waals surface area contributed by atoms with Crippen molar-refractivity contribution < 1.29 is 9.47 Å². The summed E-state index contributed by atoms with van der Waals surface area (Å²) in [5, 5.41) is 3.67. The third kappa shape index (κ3) is 3.46. The van der Waals surface area contributed by atoms with Crippen molar-refractivity contribution in [2.24, 2.45) is 11.3 Å². The highest BCUT2D eigenvalue weighted by Gasteiger charge is 2.51. The topological polar surface area (TPSA) is 30.5 Å². The summed E-state index contributed by atoms with van der Waals surface area (Å²) in [5.41, 5.74) is 0.361. The summed E-state index contributed by atoms with van der Waals surface area (Å²) in [5.74, 6) is 0.787. The van der Waals surface area contributed by atoms with Crippen LogP contribution in [0.1, 0.15) is 47.0 Å². The van der Waals surface area contributed by atoms with Crippen LogP contribution in [0.15, 0.2) is 0 Å². The quantitative estimate of drug-likeness (QED) is 0.791. The molecule has 3 heteroatoms. The van der Waals surface area contributed by atoms with E-state index in [2.05, 4.69) is 33.0 Å². The number of hydrogen-bond acceptors (Lipinski definition) is 3. The van der Waals surface area contributed by atoms with Gasteiger partial charge in [-0.05, 0) is 52.9 Å². The lowest BCUT2D eigenvalue weighted by Gasteiger charge is -2.37. The molecule has 1 aliphatic heterocycles. The molecule has 0 radical (unpaired) electrons. The molecule has 1 heterocycles. The minimum atomic E-state index is 0.163. The second-order valence-corrected chi connectivity index (χ2v) is 6.98. The molecule has 0 aromatic heterocycles. The zero-order valence-corrected chi connectivity index (χ0v) is 12.4. The molecule has 0 spiro atoms. The van der Waals surface area contributed by atoms with Gasteiger partial charge in [-0.25, -0.2) is 0 Å². The van der Waals surface area contributed by atoms with E-state index in [1.807, 2.05) is 0 Å². The van der Waals surface area contributed by atoms with E-state index in [0.29, 0.717) is 6.10 Å². The van der Waals surface area contributed by atoms with Gasteiger partial charge in [0.15, 0.2) is 0 Å². The first kappa shape index (κ1) is 14.3. The van der Waals surface area contributed by atoms with Gasteiger partial charge in [0.25, 0.3) is 0 Å². The van der Waals surface area contributed by atoms with Crippen LogP contribution in [0.3, 0.4) is 0 Å². The molecule has 2 aliphatic rings. The van der Waals surface area contributed by atoms with Gasteiger partial charge in [-0.1, -0.05) is 0 Å². The minimum absolute atomic E-state index is 0.163. The Balaban J connectivity index is 2.01. The van der Waals surface area contributed by atoms with E-state index in [1.165, 1.54) is 12.8 Å². The molecule has 0 aromatic rings. The van der Waals surface area contributed by atoms with Gasteiger partial charge in [-0.15, -0.1) is 0 Å². The predicted octanol–water partition coefficient (Wildman–Crippen LogP) is 2.60. The van der Waals surface area contributed by atoms with Crippen LogP contribution in [-0.2, 0) is 9.47 Å². The van der Waals surface area contributed by atoms with E-state index in [4.69, 9.17) is 9.47 Å². The van der Waals surface area contributed by atoms with Crippen LogP contribution in [0.25, 0.3) is 0 Å². The number of ether oxygens (including phenoxy) is 2. The van der Waals surface area contributed by atoms with Crippen LogP contribution in [0.4, 0.5) is 0 Å². The molecule has 3 nitrogen and oxygen atoms in total. The maximum Gasteiger partial charge on any atom is 0.0694 e. The van der Waals surface area contributed by atoms with Gasteiger partial charge in [-0.3, -0.25) is 0 Å². The average molecular weight is 255 g/mol. The molecule has 18 heavy (non-hydrogen) atoms. The van der Waals surface area contributed by atoms with E-state index >= 15 is 0 Å². The Bertz CT molecular complexity index is 270. The highest BCUT2D eigenvalue weighted by Crippen LogP contribution is 2.48. The number of hydrogen-bond donors (Lipinski definition) is 1. The highest BCUT2D eigenvalue weighted by molar-refractivity contribution is 5.01. The van der Waals surface area contributed by atoms with Gasteiger partial charge < -0.3 is 14.8 Å². The second kappa shape index (κ2) is 5.48. The van der Waals surface area contributed by atoms with Gasteiger partial charge in [-0.2, -0.15) is 0 Å². The summed E-state index contributed by atoms with van der Waals surface area (Å²) in [6.45, 7) is 12.3. The first-order chi connectivity index (χ1) is 8.47. The third-order valence-electron chi connectivity index (χ3n) is 4.12. The van der Waals surface area contributed by atoms with Crippen molar-refractivity contribution in [2.45, 2.75) is 58.6 Å². The lowest BCUT2D eigenvalue weighted by atomic mass is 9.79. The molecular weight excluding hydrogens is 226 g/mol. The van der Waals surface area contributed by atoms with Crippen LogP contribution in [0.5, 0.6) is 0 Å². The summed E-state index contributed by atoms with van der Waals surface area (Å²) in [6, 6.07) is 0. The maximum absolute atomic E-state index is 6.04. The Morgan fingerprint density at radius 3 is 2.61 bits per heavy atom. The fourth-order valence-electron chi connectivity index (χ4n) is 2.88. The third-order valence-corrected chi connectivity index (χ3v) is 4.12. The van der Waals surface area contributed by atoms with Gasteiger partial charge in [0, 0.05) is 30.7 Å². The highest BCUT2D eigenvalue weighted by atomic mass is 16.5. The lowest BCUT2D eigenvalue weighted by molar-refractivity contribution is -0.0246. The normalized spacial score (nSPS) is 33.0. The second-order valence-electron chi connectivity index (χ2n) is 6.98. The Morgan fingerprint density at radius 2 is 2.06 bits per heavy atom. The van der Waals surface area contributed by atoms with Crippen molar-refractivity contribution in [1.82, 2.24) is 5.32 Å². The van der Waals surface area contributed by atoms with Crippen molar-refractivity contribution in [3.8, 4) is 0 Å². The molecule has 0 amide bonds. The molecular formula is C15H29NO2. The monoisotopic (exact) mass is 255 g/mol. The van der Waals surface area contributed by atoms with E-state index in [-0.39, 0.29) is 11.0 Å². The van der Waals surface area contributed by atoms with Crippen LogP contribution < -0.4 is 5.32 Å². The van der Waals surface area contributed by atoms with E-state index in [1.54, 1.807) is 0 Å². The Kier molecular flexibility index (Phi) is 4.35. The minimum Gasteiger partial charge on any atom is -0.381 e. The van der Waals surface area contributed by atoms with E-state index in [9.17, 15) is 0 Å². The van der Waals surface area contributed by atoms with Crippen LogP contribution in [0, 0.1) is 11.3 Å². The predicted molar refractivity (Wildman–Crippen MR) is 73.8 cm³/mol. The Hall–Kier alpha value is -0.120. The summed E-state index contributed by atoms with van der Waals surface area (Å²) in [6.07, 6.45) is 4.23. The standard InChI is InChI=1S/C15H29NO2/c1-5-17-11-15(10-16-14(2,3)4)8-9-18-13(15)12-6-7-12/h12-13,16H,5-11H2,1-4H3. The molecule has 2 unspecified atom stereocenters. The average Bonchev–Trinajstić information content (AvgIpc) is 3.05. The largest absolute Gasteiger partial charge is 0.381 e. The van der Waals surface area contributed by atoms with Crippen molar-refractivity contribution in [3.63, 3.8) is 0 Å². The van der Waals surface area contributed by atoms with Gasteiger partial charge in [0.05, 0.1) is 12.7 Å². The number of nitrogens with one attached hydrogen (secondary N) is 1. The molecule has 0 bridgehead atoms. The van der Waals surface area contributed by atoms with Crippen molar-refractivity contribution in [3.05, 3.63) is 0 Å². The zero-order chi connectivity index (χ0) is 13.2. The molecule has 1 saturated heterocycles. The Labute approximate surface area is 112 Å². The fourth-order valence-corrected chi connectivity index (χ4v) is 2.88. The first-order valence-electron chi connectivity index (χ1n) is 7.41. The number of rotatable bonds is 6. The SMILES string of the molecule is CCOCC1(CNC(C)(C)C)CCOC1C1CC1. The molecule has 1 N–H and O–H groups in total. The summed E-state index contributed by atoms with van der Waals surface area (Å²) >= 11 is 0. The fraction of sp³-hybridized carbons (Fsp3) is 1.00. The lowest BCUT2D eigenvalue weighted by Crippen LogP contribution is -2.50. The van der Waals surface area contributed by atoms with E-state index in [0.717, 1.165) is 38.7 Å². The van der Waals surface area contributed by atoms with Crippen molar-refractivity contribution in [2.75, 3.05) is 26.4 Å². The van der Waals surface area contributed by atoms with E-state index < -0.39 is 0 Å². The molecule has 1 saturated carbocycles. The smallest absolute Gasteiger partial charge is 0.0694 e. The van der Waals surface area contributed by atoms with Crippen molar-refractivity contribution in [1.29, 1.82) is 0 Å². The summed E-state index contributed by atoms with van der Waals surface area (Å²) in [4.78, 5) is 0.